The summed E-state index contributed by atoms with van der Waals surface area (Å²) in [5.41, 5.74) is 1.99. The number of rotatable bonds is 8. The molecule has 2 rings (SSSR count). The van der Waals surface area contributed by atoms with Gasteiger partial charge < -0.3 is 15.0 Å². The molecule has 0 spiro atoms. The van der Waals surface area contributed by atoms with Crippen LogP contribution in [0.2, 0.25) is 0 Å². The van der Waals surface area contributed by atoms with Gasteiger partial charge in [0.15, 0.2) is 0 Å². The second-order valence-corrected chi connectivity index (χ2v) is 5.80. The zero-order valence-corrected chi connectivity index (χ0v) is 14.7. The third kappa shape index (κ3) is 6.30. The molecule has 0 aliphatic rings. The molecular weight excluding hydrogens is 316 g/mol. The number of carbonyl (C=O) groups excluding carboxylic acids is 2. The van der Waals surface area contributed by atoms with Gasteiger partial charge in [-0.15, -0.1) is 0 Å². The van der Waals surface area contributed by atoms with Gasteiger partial charge in [0, 0.05) is 26.6 Å². The summed E-state index contributed by atoms with van der Waals surface area (Å²) in [6.45, 7) is 3.01. The summed E-state index contributed by atoms with van der Waals surface area (Å²) in [5, 5.41) is 2.87. The molecule has 0 radical (unpaired) electrons. The highest BCUT2D eigenvalue weighted by Crippen LogP contribution is 2.11. The van der Waals surface area contributed by atoms with E-state index in [-0.39, 0.29) is 11.8 Å². The van der Waals surface area contributed by atoms with Crippen molar-refractivity contribution in [1.82, 2.24) is 10.2 Å². The van der Waals surface area contributed by atoms with Crippen LogP contribution in [0.5, 0.6) is 5.75 Å². The van der Waals surface area contributed by atoms with Crippen molar-refractivity contribution in [3.05, 3.63) is 65.7 Å². The molecule has 2 aromatic rings. The molecule has 0 bridgehead atoms. The first-order valence-corrected chi connectivity index (χ1v) is 8.27. The summed E-state index contributed by atoms with van der Waals surface area (Å²) in [4.78, 5) is 25.5. The lowest BCUT2D eigenvalue weighted by Gasteiger charge is -2.21. The molecule has 0 aliphatic carbocycles. The Morgan fingerprint density at radius 2 is 1.68 bits per heavy atom. The number of hydrogen-bond acceptors (Lipinski definition) is 3. The maximum atomic E-state index is 12.0. The second-order valence-electron chi connectivity index (χ2n) is 5.80. The van der Waals surface area contributed by atoms with Crippen LogP contribution in [0.1, 0.15) is 18.1 Å². The quantitative estimate of drug-likeness (QED) is 0.803. The number of carbonyl (C=O) groups is 2. The Balaban J connectivity index is 1.78. The fourth-order valence-electron chi connectivity index (χ4n) is 2.47. The van der Waals surface area contributed by atoms with Gasteiger partial charge in [-0.1, -0.05) is 42.5 Å². The van der Waals surface area contributed by atoms with Gasteiger partial charge in [-0.25, -0.2) is 0 Å². The van der Waals surface area contributed by atoms with E-state index < -0.39 is 0 Å². The Morgan fingerprint density at radius 1 is 1.00 bits per heavy atom. The molecule has 5 nitrogen and oxygen atoms in total. The monoisotopic (exact) mass is 340 g/mol. The minimum absolute atomic E-state index is 0.00624. The van der Waals surface area contributed by atoms with E-state index in [9.17, 15) is 9.59 Å². The predicted octanol–water partition coefficient (Wildman–Crippen LogP) is 2.40. The van der Waals surface area contributed by atoms with Crippen LogP contribution in [0.15, 0.2) is 54.6 Å². The highest BCUT2D eigenvalue weighted by atomic mass is 16.5. The number of methoxy groups -OCH3 is 1. The summed E-state index contributed by atoms with van der Waals surface area (Å²) >= 11 is 0. The Hall–Kier alpha value is -2.82. The van der Waals surface area contributed by atoms with Crippen molar-refractivity contribution in [2.75, 3.05) is 20.2 Å². The van der Waals surface area contributed by atoms with Gasteiger partial charge in [0.2, 0.25) is 11.8 Å². The molecule has 25 heavy (non-hydrogen) atoms. The van der Waals surface area contributed by atoms with Crippen molar-refractivity contribution in [2.24, 2.45) is 0 Å². The zero-order valence-electron chi connectivity index (χ0n) is 14.7. The van der Waals surface area contributed by atoms with Gasteiger partial charge in [-0.3, -0.25) is 9.59 Å². The first-order valence-electron chi connectivity index (χ1n) is 8.27. The third-order valence-electron chi connectivity index (χ3n) is 3.89. The zero-order chi connectivity index (χ0) is 18.1. The number of ether oxygens (including phenoxy) is 1. The van der Waals surface area contributed by atoms with Crippen molar-refractivity contribution in [2.45, 2.75) is 19.9 Å². The largest absolute Gasteiger partial charge is 0.497 e. The molecule has 2 amide bonds. The molecule has 0 aliphatic heterocycles. The fraction of sp³-hybridized carbons (Fsp3) is 0.300. The molecule has 2 aromatic carbocycles. The fourth-order valence-corrected chi connectivity index (χ4v) is 2.47. The highest BCUT2D eigenvalue weighted by molar-refractivity contribution is 5.78. The first kappa shape index (κ1) is 18.5. The molecular formula is C20H24N2O3. The molecule has 0 atom stereocenters. The average Bonchev–Trinajstić information content (AvgIpc) is 2.62. The molecule has 1 N–H and O–H groups in total. The standard InChI is InChI=1S/C20H24N2O3/c1-16(23)22(15-18-6-4-3-5-7-18)13-12-21-20(24)14-17-8-10-19(25-2)11-9-17/h3-11H,12-15H2,1-2H3,(H,21,24). The van der Waals surface area contributed by atoms with Gasteiger partial charge in [0.05, 0.1) is 13.5 Å². The van der Waals surface area contributed by atoms with Crippen molar-refractivity contribution >= 4 is 11.8 Å². The lowest BCUT2D eigenvalue weighted by atomic mass is 10.1. The Bertz CT molecular complexity index is 684. The van der Waals surface area contributed by atoms with Crippen LogP contribution in [-0.4, -0.2) is 36.9 Å². The summed E-state index contributed by atoms with van der Waals surface area (Å²) in [7, 11) is 1.61. The Labute approximate surface area is 148 Å². The SMILES string of the molecule is COc1ccc(CC(=O)NCCN(Cc2ccccc2)C(C)=O)cc1. The lowest BCUT2D eigenvalue weighted by molar-refractivity contribution is -0.130. The smallest absolute Gasteiger partial charge is 0.224 e. The first-order chi connectivity index (χ1) is 12.1. The minimum Gasteiger partial charge on any atom is -0.497 e. The summed E-state index contributed by atoms with van der Waals surface area (Å²) < 4.78 is 5.10. The van der Waals surface area contributed by atoms with Crippen LogP contribution in [0.4, 0.5) is 0 Å². The van der Waals surface area contributed by atoms with E-state index in [0.29, 0.717) is 26.1 Å². The summed E-state index contributed by atoms with van der Waals surface area (Å²) in [5.74, 6) is 0.698. The van der Waals surface area contributed by atoms with Crippen LogP contribution in [0.3, 0.4) is 0 Å². The normalized spacial score (nSPS) is 10.2. The van der Waals surface area contributed by atoms with Crippen molar-refractivity contribution < 1.29 is 14.3 Å². The minimum atomic E-state index is -0.0617. The Morgan fingerprint density at radius 3 is 2.28 bits per heavy atom. The molecule has 0 saturated heterocycles. The van der Waals surface area contributed by atoms with Gasteiger partial charge >= 0.3 is 0 Å². The topological polar surface area (TPSA) is 58.6 Å². The van der Waals surface area contributed by atoms with Crippen molar-refractivity contribution in [1.29, 1.82) is 0 Å². The summed E-state index contributed by atoms with van der Waals surface area (Å²) in [6, 6.07) is 17.2. The van der Waals surface area contributed by atoms with E-state index >= 15 is 0 Å². The van der Waals surface area contributed by atoms with E-state index in [1.54, 1.807) is 18.9 Å². The number of amides is 2. The lowest BCUT2D eigenvalue weighted by Crippen LogP contribution is -2.37. The van der Waals surface area contributed by atoms with Crippen LogP contribution in [0.25, 0.3) is 0 Å². The summed E-state index contributed by atoms with van der Waals surface area (Å²) in [6.07, 6.45) is 0.308. The third-order valence-corrected chi connectivity index (χ3v) is 3.89. The van der Waals surface area contributed by atoms with Crippen molar-refractivity contribution in [3.8, 4) is 5.75 Å². The van der Waals surface area contributed by atoms with E-state index in [1.807, 2.05) is 54.6 Å². The number of nitrogens with zero attached hydrogens (tertiary/aromatic N) is 1. The van der Waals surface area contributed by atoms with E-state index in [2.05, 4.69) is 5.32 Å². The average molecular weight is 340 g/mol. The van der Waals surface area contributed by atoms with Crippen LogP contribution < -0.4 is 10.1 Å². The number of benzene rings is 2. The number of hydrogen-bond donors (Lipinski definition) is 1. The Kier molecular flexibility index (Phi) is 7.01. The molecule has 0 unspecified atom stereocenters. The van der Waals surface area contributed by atoms with E-state index in [4.69, 9.17) is 4.74 Å². The molecule has 0 aromatic heterocycles. The molecule has 0 heterocycles. The van der Waals surface area contributed by atoms with Crippen LogP contribution in [0, 0.1) is 0 Å². The van der Waals surface area contributed by atoms with Gasteiger partial charge in [-0.2, -0.15) is 0 Å². The molecule has 0 fully saturated rings. The van der Waals surface area contributed by atoms with Gasteiger partial charge in [0.25, 0.3) is 0 Å². The van der Waals surface area contributed by atoms with Gasteiger partial charge in [0.1, 0.15) is 5.75 Å². The number of nitrogens with one attached hydrogen (secondary N) is 1. The van der Waals surface area contributed by atoms with Crippen LogP contribution >= 0.6 is 0 Å². The van der Waals surface area contributed by atoms with Crippen molar-refractivity contribution in [3.63, 3.8) is 0 Å². The molecule has 5 heteroatoms. The van der Waals surface area contributed by atoms with Gasteiger partial charge in [-0.05, 0) is 23.3 Å². The second kappa shape index (κ2) is 9.47. The maximum absolute atomic E-state index is 12.0. The van der Waals surface area contributed by atoms with E-state index in [1.165, 1.54) is 0 Å². The van der Waals surface area contributed by atoms with E-state index in [0.717, 1.165) is 16.9 Å². The molecule has 132 valence electrons. The highest BCUT2D eigenvalue weighted by Gasteiger charge is 2.10. The molecule has 0 saturated carbocycles. The maximum Gasteiger partial charge on any atom is 0.224 e. The van der Waals surface area contributed by atoms with Crippen LogP contribution in [-0.2, 0) is 22.6 Å². The predicted molar refractivity (Wildman–Crippen MR) is 97.2 cm³/mol.